The highest BCUT2D eigenvalue weighted by Gasteiger charge is 2.25. The minimum atomic E-state index is -0.309. The summed E-state index contributed by atoms with van der Waals surface area (Å²) in [6.45, 7) is 4.12. The average Bonchev–Trinajstić information content (AvgIpc) is 2.91. The van der Waals surface area contributed by atoms with Gasteiger partial charge in [-0.05, 0) is 42.2 Å². The zero-order valence-electron chi connectivity index (χ0n) is 12.7. The summed E-state index contributed by atoms with van der Waals surface area (Å²) >= 11 is 0. The van der Waals surface area contributed by atoms with Gasteiger partial charge in [0.25, 0.3) is 0 Å². The Hall–Kier alpha value is -2.42. The smallest absolute Gasteiger partial charge is 0.334 e. The van der Waals surface area contributed by atoms with Crippen molar-refractivity contribution in [2.24, 2.45) is 0 Å². The normalized spacial score (nSPS) is 16.6. The van der Waals surface area contributed by atoms with Gasteiger partial charge in [-0.3, -0.25) is 0 Å². The lowest BCUT2D eigenvalue weighted by atomic mass is 9.91. The van der Waals surface area contributed by atoms with Gasteiger partial charge in [-0.25, -0.2) is 9.18 Å². The molecule has 1 heterocycles. The standard InChI is InChI=1S/C19H17FO2/c1-12-3-6-14(7-4-12)18(16-9-10-22-19(16)21)15-8-5-13(2)17(20)11-15/h3-8,11H,9-10H2,1-2H3/b18-16-. The lowest BCUT2D eigenvalue weighted by Crippen LogP contribution is -2.01. The second-order valence-electron chi connectivity index (χ2n) is 5.57. The van der Waals surface area contributed by atoms with Crippen LogP contribution in [-0.2, 0) is 9.53 Å². The molecular weight excluding hydrogens is 279 g/mol. The number of esters is 1. The molecule has 0 saturated carbocycles. The predicted octanol–water partition coefficient (Wildman–Crippen LogP) is 4.19. The van der Waals surface area contributed by atoms with Crippen molar-refractivity contribution in [2.45, 2.75) is 20.3 Å². The van der Waals surface area contributed by atoms with Gasteiger partial charge in [-0.2, -0.15) is 0 Å². The van der Waals surface area contributed by atoms with Crippen molar-refractivity contribution in [3.05, 3.63) is 76.1 Å². The number of hydrogen-bond acceptors (Lipinski definition) is 2. The van der Waals surface area contributed by atoms with Crippen molar-refractivity contribution < 1.29 is 13.9 Å². The predicted molar refractivity (Wildman–Crippen MR) is 83.9 cm³/mol. The number of carbonyl (C=O) groups is 1. The van der Waals surface area contributed by atoms with Crippen LogP contribution in [0.4, 0.5) is 4.39 Å². The van der Waals surface area contributed by atoms with E-state index in [9.17, 15) is 9.18 Å². The number of aryl methyl sites for hydroxylation is 2. The van der Waals surface area contributed by atoms with Gasteiger partial charge in [0.1, 0.15) is 5.82 Å². The molecule has 1 aliphatic rings. The molecule has 0 unspecified atom stereocenters. The van der Waals surface area contributed by atoms with Crippen LogP contribution in [0, 0.1) is 19.7 Å². The highest BCUT2D eigenvalue weighted by molar-refractivity contribution is 6.03. The molecule has 0 aliphatic carbocycles. The summed E-state index contributed by atoms with van der Waals surface area (Å²) < 4.78 is 19.0. The van der Waals surface area contributed by atoms with Crippen molar-refractivity contribution in [2.75, 3.05) is 6.61 Å². The Bertz CT molecular complexity index is 758. The highest BCUT2D eigenvalue weighted by Crippen LogP contribution is 2.32. The van der Waals surface area contributed by atoms with E-state index >= 15 is 0 Å². The zero-order valence-corrected chi connectivity index (χ0v) is 12.7. The maximum atomic E-state index is 14.0. The van der Waals surface area contributed by atoms with Crippen LogP contribution in [0.5, 0.6) is 0 Å². The first kappa shape index (κ1) is 14.5. The Kier molecular flexibility index (Phi) is 3.80. The summed E-state index contributed by atoms with van der Waals surface area (Å²) in [6, 6.07) is 13.0. The van der Waals surface area contributed by atoms with E-state index in [0.29, 0.717) is 29.7 Å². The van der Waals surface area contributed by atoms with Crippen LogP contribution in [0.15, 0.2) is 48.0 Å². The van der Waals surface area contributed by atoms with Crippen LogP contribution in [0.1, 0.15) is 28.7 Å². The fraction of sp³-hybridized carbons (Fsp3) is 0.211. The maximum absolute atomic E-state index is 14.0. The summed E-state index contributed by atoms with van der Waals surface area (Å²) in [4.78, 5) is 12.0. The summed E-state index contributed by atoms with van der Waals surface area (Å²) in [5.41, 5.74) is 4.72. The fourth-order valence-electron chi connectivity index (χ4n) is 2.65. The molecule has 112 valence electrons. The molecule has 1 saturated heterocycles. The Labute approximate surface area is 129 Å². The molecule has 0 N–H and O–H groups in total. The molecule has 1 fully saturated rings. The molecule has 2 aromatic carbocycles. The van der Waals surface area contributed by atoms with Crippen molar-refractivity contribution in [1.82, 2.24) is 0 Å². The third-order valence-electron chi connectivity index (χ3n) is 3.93. The molecule has 2 aromatic rings. The molecule has 0 bridgehead atoms. The second-order valence-corrected chi connectivity index (χ2v) is 5.57. The highest BCUT2D eigenvalue weighted by atomic mass is 19.1. The molecule has 0 amide bonds. The zero-order chi connectivity index (χ0) is 15.7. The summed E-state index contributed by atoms with van der Waals surface area (Å²) in [6.07, 6.45) is 0.553. The number of rotatable bonds is 2. The van der Waals surface area contributed by atoms with Crippen LogP contribution in [0.25, 0.3) is 5.57 Å². The minimum Gasteiger partial charge on any atom is -0.462 e. The van der Waals surface area contributed by atoms with Crippen molar-refractivity contribution >= 4 is 11.5 Å². The first-order valence-corrected chi connectivity index (χ1v) is 7.30. The number of halogens is 1. The quantitative estimate of drug-likeness (QED) is 0.613. The van der Waals surface area contributed by atoms with Gasteiger partial charge in [0, 0.05) is 12.0 Å². The monoisotopic (exact) mass is 296 g/mol. The number of cyclic esters (lactones) is 1. The molecule has 3 heteroatoms. The Morgan fingerprint density at radius 3 is 2.32 bits per heavy atom. The van der Waals surface area contributed by atoms with E-state index in [1.807, 2.05) is 37.3 Å². The van der Waals surface area contributed by atoms with E-state index in [-0.39, 0.29) is 11.8 Å². The van der Waals surface area contributed by atoms with Gasteiger partial charge < -0.3 is 4.74 Å². The van der Waals surface area contributed by atoms with Crippen LogP contribution >= 0.6 is 0 Å². The number of carbonyl (C=O) groups excluding carboxylic acids is 1. The van der Waals surface area contributed by atoms with E-state index in [4.69, 9.17) is 4.74 Å². The molecule has 3 rings (SSSR count). The minimum absolute atomic E-state index is 0.269. The van der Waals surface area contributed by atoms with Gasteiger partial charge >= 0.3 is 5.97 Å². The SMILES string of the molecule is Cc1ccc(/C(=C2\CCOC2=O)c2ccc(C)c(F)c2)cc1. The second kappa shape index (κ2) is 5.76. The summed E-state index contributed by atoms with van der Waals surface area (Å²) in [5, 5.41) is 0. The van der Waals surface area contributed by atoms with Crippen LogP contribution in [0.3, 0.4) is 0 Å². The van der Waals surface area contributed by atoms with Crippen LogP contribution in [-0.4, -0.2) is 12.6 Å². The van der Waals surface area contributed by atoms with E-state index < -0.39 is 0 Å². The molecular formula is C19H17FO2. The van der Waals surface area contributed by atoms with Gasteiger partial charge in [0.2, 0.25) is 0 Å². The van der Waals surface area contributed by atoms with E-state index in [0.717, 1.165) is 16.7 Å². The van der Waals surface area contributed by atoms with E-state index in [2.05, 4.69) is 0 Å². The van der Waals surface area contributed by atoms with Crippen molar-refractivity contribution in [1.29, 1.82) is 0 Å². The lowest BCUT2D eigenvalue weighted by molar-refractivity contribution is -0.135. The van der Waals surface area contributed by atoms with Crippen molar-refractivity contribution in [3.63, 3.8) is 0 Å². The summed E-state index contributed by atoms with van der Waals surface area (Å²) in [5.74, 6) is -0.578. The first-order valence-electron chi connectivity index (χ1n) is 7.30. The lowest BCUT2D eigenvalue weighted by Gasteiger charge is -2.12. The van der Waals surface area contributed by atoms with Gasteiger partial charge in [0.05, 0.1) is 6.61 Å². The van der Waals surface area contributed by atoms with E-state index in [1.165, 1.54) is 6.07 Å². The molecule has 0 radical (unpaired) electrons. The largest absolute Gasteiger partial charge is 0.462 e. The number of hydrogen-bond donors (Lipinski definition) is 0. The van der Waals surface area contributed by atoms with Gasteiger partial charge in [0.15, 0.2) is 0 Å². The van der Waals surface area contributed by atoms with Crippen LogP contribution < -0.4 is 0 Å². The number of ether oxygens (including phenoxy) is 1. The van der Waals surface area contributed by atoms with Crippen molar-refractivity contribution in [3.8, 4) is 0 Å². The van der Waals surface area contributed by atoms with Gasteiger partial charge in [-0.1, -0.05) is 42.0 Å². The Morgan fingerprint density at radius 2 is 1.73 bits per heavy atom. The fourth-order valence-corrected chi connectivity index (χ4v) is 2.65. The third kappa shape index (κ3) is 2.67. The maximum Gasteiger partial charge on any atom is 0.334 e. The molecule has 0 aromatic heterocycles. The molecule has 22 heavy (non-hydrogen) atoms. The van der Waals surface area contributed by atoms with Gasteiger partial charge in [-0.15, -0.1) is 0 Å². The molecule has 0 atom stereocenters. The topological polar surface area (TPSA) is 26.3 Å². The molecule has 0 spiro atoms. The molecule has 2 nitrogen and oxygen atoms in total. The van der Waals surface area contributed by atoms with E-state index in [1.54, 1.807) is 13.0 Å². The molecule has 1 aliphatic heterocycles. The Balaban J connectivity index is 2.21. The third-order valence-corrected chi connectivity index (χ3v) is 3.93. The van der Waals surface area contributed by atoms with Crippen LogP contribution in [0.2, 0.25) is 0 Å². The summed E-state index contributed by atoms with van der Waals surface area (Å²) in [7, 11) is 0. The number of benzene rings is 2. The average molecular weight is 296 g/mol. The first-order chi connectivity index (χ1) is 10.6. The Morgan fingerprint density at radius 1 is 1.05 bits per heavy atom.